The SMILES string of the molecule is O=C1Cc2c(ccc3c2O[C@H](CNCc2ccc(Cl)cc2)CC3)N1. The number of rotatable bonds is 4. The van der Waals surface area contributed by atoms with E-state index in [2.05, 4.69) is 16.7 Å². The molecular weight excluding hydrogens is 324 g/mol. The number of aryl methyl sites for hydroxylation is 1. The van der Waals surface area contributed by atoms with Gasteiger partial charge in [0.2, 0.25) is 5.91 Å². The van der Waals surface area contributed by atoms with Gasteiger partial charge in [0.05, 0.1) is 6.42 Å². The predicted octanol–water partition coefficient (Wildman–Crippen LogP) is 3.32. The zero-order valence-corrected chi connectivity index (χ0v) is 14.0. The van der Waals surface area contributed by atoms with E-state index in [0.29, 0.717) is 6.42 Å². The Hall–Kier alpha value is -2.04. The molecule has 0 bridgehead atoms. The summed E-state index contributed by atoms with van der Waals surface area (Å²) in [6, 6.07) is 11.9. The molecule has 2 aromatic carbocycles. The van der Waals surface area contributed by atoms with Gasteiger partial charge in [-0.05, 0) is 42.2 Å². The van der Waals surface area contributed by atoms with E-state index in [-0.39, 0.29) is 12.0 Å². The number of benzene rings is 2. The number of nitrogens with one attached hydrogen (secondary N) is 2. The smallest absolute Gasteiger partial charge is 0.229 e. The molecule has 0 saturated heterocycles. The van der Waals surface area contributed by atoms with Crippen molar-refractivity contribution >= 4 is 23.2 Å². The Morgan fingerprint density at radius 3 is 2.88 bits per heavy atom. The fraction of sp³-hybridized carbons (Fsp3) is 0.316. The number of carbonyl (C=O) groups excluding carboxylic acids is 1. The average Bonchev–Trinajstić information content (AvgIpc) is 2.97. The van der Waals surface area contributed by atoms with Crippen LogP contribution in [0.5, 0.6) is 5.75 Å². The maximum absolute atomic E-state index is 11.6. The maximum Gasteiger partial charge on any atom is 0.229 e. The lowest BCUT2D eigenvalue weighted by Crippen LogP contribution is -2.34. The van der Waals surface area contributed by atoms with Gasteiger partial charge in [0.15, 0.2) is 0 Å². The van der Waals surface area contributed by atoms with Crippen LogP contribution in [0.1, 0.15) is 23.1 Å². The Balaban J connectivity index is 1.39. The second kappa shape index (κ2) is 6.46. The third-order valence-electron chi connectivity index (χ3n) is 4.59. The summed E-state index contributed by atoms with van der Waals surface area (Å²) in [4.78, 5) is 11.6. The van der Waals surface area contributed by atoms with E-state index >= 15 is 0 Å². The van der Waals surface area contributed by atoms with Gasteiger partial charge in [-0.2, -0.15) is 0 Å². The molecular formula is C19H19ClN2O2. The summed E-state index contributed by atoms with van der Waals surface area (Å²) >= 11 is 5.90. The van der Waals surface area contributed by atoms with Crippen molar-refractivity contribution in [2.24, 2.45) is 0 Å². The van der Waals surface area contributed by atoms with E-state index in [4.69, 9.17) is 16.3 Å². The molecule has 0 spiro atoms. The number of carbonyl (C=O) groups is 1. The molecule has 4 nitrogen and oxygen atoms in total. The number of amides is 1. The van der Waals surface area contributed by atoms with Gasteiger partial charge in [0.25, 0.3) is 0 Å². The highest BCUT2D eigenvalue weighted by Gasteiger charge is 2.28. The molecule has 1 atom stereocenters. The highest BCUT2D eigenvalue weighted by atomic mass is 35.5. The first-order chi connectivity index (χ1) is 11.7. The van der Waals surface area contributed by atoms with E-state index in [9.17, 15) is 4.79 Å². The topological polar surface area (TPSA) is 50.4 Å². The van der Waals surface area contributed by atoms with Crippen LogP contribution >= 0.6 is 11.6 Å². The number of anilines is 1. The van der Waals surface area contributed by atoms with Gasteiger partial charge >= 0.3 is 0 Å². The molecule has 24 heavy (non-hydrogen) atoms. The van der Waals surface area contributed by atoms with E-state index < -0.39 is 0 Å². The van der Waals surface area contributed by atoms with Crippen molar-refractivity contribution in [2.45, 2.75) is 31.9 Å². The van der Waals surface area contributed by atoms with Crippen LogP contribution in [-0.4, -0.2) is 18.6 Å². The third-order valence-corrected chi connectivity index (χ3v) is 4.84. The van der Waals surface area contributed by atoms with Crippen molar-refractivity contribution in [2.75, 3.05) is 11.9 Å². The number of halogens is 1. The summed E-state index contributed by atoms with van der Waals surface area (Å²) in [7, 11) is 0. The Bertz CT molecular complexity index is 774. The monoisotopic (exact) mass is 342 g/mol. The van der Waals surface area contributed by atoms with Crippen LogP contribution < -0.4 is 15.4 Å². The van der Waals surface area contributed by atoms with Crippen molar-refractivity contribution in [3.8, 4) is 5.75 Å². The van der Waals surface area contributed by atoms with Gasteiger partial charge < -0.3 is 15.4 Å². The fourth-order valence-corrected chi connectivity index (χ4v) is 3.46. The number of hydrogen-bond acceptors (Lipinski definition) is 3. The quantitative estimate of drug-likeness (QED) is 0.896. The molecule has 4 rings (SSSR count). The van der Waals surface area contributed by atoms with Crippen LogP contribution in [0.15, 0.2) is 36.4 Å². The molecule has 5 heteroatoms. The van der Waals surface area contributed by atoms with Crippen LogP contribution in [0.2, 0.25) is 5.02 Å². The second-order valence-electron chi connectivity index (χ2n) is 6.34. The van der Waals surface area contributed by atoms with Gasteiger partial charge in [0.1, 0.15) is 11.9 Å². The molecule has 2 aromatic rings. The summed E-state index contributed by atoms with van der Waals surface area (Å²) in [6.45, 7) is 1.57. The third kappa shape index (κ3) is 3.12. The lowest BCUT2D eigenvalue weighted by molar-refractivity contribution is -0.115. The average molecular weight is 343 g/mol. The van der Waals surface area contributed by atoms with Gasteiger partial charge in [0, 0.05) is 29.4 Å². The van der Waals surface area contributed by atoms with Gasteiger partial charge in [-0.3, -0.25) is 4.79 Å². The van der Waals surface area contributed by atoms with Crippen molar-refractivity contribution in [1.82, 2.24) is 5.32 Å². The van der Waals surface area contributed by atoms with Crippen LogP contribution in [0.25, 0.3) is 0 Å². The first kappa shape index (κ1) is 15.5. The van der Waals surface area contributed by atoms with Gasteiger partial charge in [-0.15, -0.1) is 0 Å². The molecule has 0 aromatic heterocycles. The minimum atomic E-state index is 0.0463. The van der Waals surface area contributed by atoms with Crippen LogP contribution in [-0.2, 0) is 24.2 Å². The molecule has 0 radical (unpaired) electrons. The Morgan fingerprint density at radius 1 is 1.21 bits per heavy atom. The summed E-state index contributed by atoms with van der Waals surface area (Å²) < 4.78 is 6.20. The normalized spacial score (nSPS) is 18.5. The molecule has 0 aliphatic carbocycles. The summed E-state index contributed by atoms with van der Waals surface area (Å²) in [5.41, 5.74) is 4.32. The summed E-state index contributed by atoms with van der Waals surface area (Å²) in [6.07, 6.45) is 2.53. The first-order valence-electron chi connectivity index (χ1n) is 8.25. The fourth-order valence-electron chi connectivity index (χ4n) is 3.33. The van der Waals surface area contributed by atoms with E-state index in [1.54, 1.807) is 0 Å². The Labute approximate surface area is 146 Å². The Morgan fingerprint density at radius 2 is 2.04 bits per heavy atom. The minimum absolute atomic E-state index is 0.0463. The van der Waals surface area contributed by atoms with E-state index in [0.717, 1.165) is 48.0 Å². The molecule has 0 saturated carbocycles. The van der Waals surface area contributed by atoms with Crippen LogP contribution in [0.4, 0.5) is 5.69 Å². The number of ether oxygens (including phenoxy) is 1. The van der Waals surface area contributed by atoms with Gasteiger partial charge in [-0.25, -0.2) is 0 Å². The second-order valence-corrected chi connectivity index (χ2v) is 6.78. The molecule has 2 heterocycles. The molecule has 2 aliphatic heterocycles. The molecule has 2 aliphatic rings. The van der Waals surface area contributed by atoms with E-state index in [1.807, 2.05) is 30.3 Å². The molecule has 0 unspecified atom stereocenters. The zero-order valence-electron chi connectivity index (χ0n) is 13.3. The van der Waals surface area contributed by atoms with Crippen molar-refractivity contribution in [1.29, 1.82) is 0 Å². The van der Waals surface area contributed by atoms with Crippen molar-refractivity contribution in [3.05, 3.63) is 58.1 Å². The Kier molecular flexibility index (Phi) is 4.17. The highest BCUT2D eigenvalue weighted by Crippen LogP contribution is 2.38. The first-order valence-corrected chi connectivity index (χ1v) is 8.63. The van der Waals surface area contributed by atoms with Crippen molar-refractivity contribution in [3.63, 3.8) is 0 Å². The lowest BCUT2D eigenvalue weighted by atomic mass is 9.97. The number of fused-ring (bicyclic) bond motifs is 3. The molecule has 0 fully saturated rings. The molecule has 124 valence electrons. The summed E-state index contributed by atoms with van der Waals surface area (Å²) in [5, 5.41) is 7.09. The maximum atomic E-state index is 11.6. The highest BCUT2D eigenvalue weighted by molar-refractivity contribution is 6.30. The van der Waals surface area contributed by atoms with Crippen LogP contribution in [0, 0.1) is 0 Å². The van der Waals surface area contributed by atoms with Gasteiger partial charge in [-0.1, -0.05) is 29.8 Å². The standard InChI is InChI=1S/C19H19ClN2O2/c20-14-5-1-12(2-6-14)10-21-11-15-7-3-13-4-8-17-16(19(13)24-15)9-18(23)22-17/h1-2,4-6,8,15,21H,3,7,9-11H2,(H,22,23)/t15-/m0/s1. The van der Waals surface area contributed by atoms with E-state index in [1.165, 1.54) is 11.1 Å². The minimum Gasteiger partial charge on any atom is -0.488 e. The molecule has 1 amide bonds. The number of hydrogen-bond donors (Lipinski definition) is 2. The predicted molar refractivity (Wildman–Crippen MR) is 94.7 cm³/mol. The zero-order chi connectivity index (χ0) is 16.5. The van der Waals surface area contributed by atoms with Crippen LogP contribution in [0.3, 0.4) is 0 Å². The lowest BCUT2D eigenvalue weighted by Gasteiger charge is -2.28. The largest absolute Gasteiger partial charge is 0.488 e. The van der Waals surface area contributed by atoms with Crippen molar-refractivity contribution < 1.29 is 9.53 Å². The summed E-state index contributed by atoms with van der Waals surface area (Å²) in [5.74, 6) is 0.959. The molecule has 2 N–H and O–H groups in total.